The van der Waals surface area contributed by atoms with Crippen LogP contribution < -0.4 is 0 Å². The van der Waals surface area contributed by atoms with Crippen LogP contribution in [-0.4, -0.2) is 48.3 Å². The van der Waals surface area contributed by atoms with Crippen LogP contribution in [-0.2, 0) is 24.0 Å². The number of hydroxylamine groups is 2. The first-order valence-electron chi connectivity index (χ1n) is 6.96. The second-order valence-corrected chi connectivity index (χ2v) is 5.15. The van der Waals surface area contributed by atoms with Gasteiger partial charge >= 0.3 is 17.9 Å². The van der Waals surface area contributed by atoms with E-state index in [0.717, 1.165) is 10.6 Å². The summed E-state index contributed by atoms with van der Waals surface area (Å²) in [6.45, 7) is 0.266. The number of hydrogen-bond acceptors (Lipinski definition) is 6. The van der Waals surface area contributed by atoms with Crippen molar-refractivity contribution in [2.24, 2.45) is 5.92 Å². The molecule has 1 N–H and O–H groups in total. The van der Waals surface area contributed by atoms with Gasteiger partial charge in [0.1, 0.15) is 5.82 Å². The van der Waals surface area contributed by atoms with Crippen LogP contribution in [0.5, 0.6) is 0 Å². The highest BCUT2D eigenvalue weighted by molar-refractivity contribution is 6.28. The quantitative estimate of drug-likeness (QED) is 0.653. The molecule has 0 saturated carbocycles. The third kappa shape index (κ3) is 4.04. The summed E-state index contributed by atoms with van der Waals surface area (Å²) in [5.74, 6) is -4.88. The van der Waals surface area contributed by atoms with Gasteiger partial charge in [0.15, 0.2) is 0 Å². The first-order chi connectivity index (χ1) is 10.9. The van der Waals surface area contributed by atoms with Crippen molar-refractivity contribution in [3.05, 3.63) is 35.6 Å². The molecule has 1 aromatic carbocycles. The van der Waals surface area contributed by atoms with Gasteiger partial charge in [-0.25, -0.2) is 14.0 Å². The number of carboxylic acid groups (broad SMARTS) is 1. The van der Waals surface area contributed by atoms with Crippen LogP contribution in [0.15, 0.2) is 24.3 Å². The molecular formula is C15H16FNO6. The van der Waals surface area contributed by atoms with Crippen LogP contribution in [0.3, 0.4) is 0 Å². The minimum Gasteiger partial charge on any atom is -0.473 e. The standard InChI is InChI=1S/C15H16FNO6/c1-22-14(20)12-8-17(23-15(21)13(18)19)7-6-11(12)9-2-4-10(16)5-3-9/h2-5,11-12H,6-8H2,1H3,(H,18,19). The number of methoxy groups -OCH3 is 1. The highest BCUT2D eigenvalue weighted by Crippen LogP contribution is 2.34. The third-order valence-electron chi connectivity index (χ3n) is 3.76. The summed E-state index contributed by atoms with van der Waals surface area (Å²) in [4.78, 5) is 38.4. The fraction of sp³-hybridized carbons (Fsp3) is 0.400. The molecule has 1 heterocycles. The Labute approximate surface area is 131 Å². The SMILES string of the molecule is COC(=O)C1CN(OC(=O)C(=O)O)CCC1c1ccc(F)cc1. The number of rotatable bonds is 3. The lowest BCUT2D eigenvalue weighted by atomic mass is 9.81. The van der Waals surface area contributed by atoms with Crippen molar-refractivity contribution in [3.63, 3.8) is 0 Å². The van der Waals surface area contributed by atoms with Crippen LogP contribution in [0.2, 0.25) is 0 Å². The fourth-order valence-electron chi connectivity index (χ4n) is 2.66. The van der Waals surface area contributed by atoms with Crippen LogP contribution in [0.4, 0.5) is 4.39 Å². The maximum atomic E-state index is 13.0. The summed E-state index contributed by atoms with van der Waals surface area (Å²) in [5, 5.41) is 9.70. The molecule has 0 spiro atoms. The lowest BCUT2D eigenvalue weighted by molar-refractivity contribution is -0.207. The summed E-state index contributed by atoms with van der Waals surface area (Å²) >= 11 is 0. The number of carboxylic acids is 1. The number of carbonyl (C=O) groups is 3. The molecule has 1 aromatic rings. The highest BCUT2D eigenvalue weighted by atomic mass is 19.1. The smallest absolute Gasteiger partial charge is 0.436 e. The van der Waals surface area contributed by atoms with E-state index in [9.17, 15) is 18.8 Å². The van der Waals surface area contributed by atoms with E-state index in [1.807, 2.05) is 0 Å². The zero-order valence-corrected chi connectivity index (χ0v) is 12.4. The summed E-state index contributed by atoms with van der Waals surface area (Å²) < 4.78 is 17.8. The number of carbonyl (C=O) groups excluding carboxylic acids is 2. The Hall–Kier alpha value is -2.48. The molecule has 1 aliphatic heterocycles. The molecule has 2 rings (SSSR count). The lowest BCUT2D eigenvalue weighted by Crippen LogP contribution is -2.45. The Morgan fingerprint density at radius 1 is 1.26 bits per heavy atom. The van der Waals surface area contributed by atoms with Gasteiger partial charge in [0.25, 0.3) is 0 Å². The van der Waals surface area contributed by atoms with E-state index in [4.69, 9.17) is 14.7 Å². The molecule has 2 atom stereocenters. The number of ether oxygens (including phenoxy) is 1. The van der Waals surface area contributed by atoms with Gasteiger partial charge < -0.3 is 14.7 Å². The molecule has 0 aromatic heterocycles. The van der Waals surface area contributed by atoms with Crippen molar-refractivity contribution in [3.8, 4) is 0 Å². The molecule has 8 heteroatoms. The zero-order valence-electron chi connectivity index (χ0n) is 12.4. The Morgan fingerprint density at radius 2 is 1.91 bits per heavy atom. The zero-order chi connectivity index (χ0) is 17.0. The monoisotopic (exact) mass is 325 g/mol. The average molecular weight is 325 g/mol. The molecule has 1 aliphatic rings. The Balaban J connectivity index is 2.15. The van der Waals surface area contributed by atoms with Crippen LogP contribution in [0, 0.1) is 11.7 Å². The number of piperidine rings is 1. The van der Waals surface area contributed by atoms with Crippen molar-refractivity contribution >= 4 is 17.9 Å². The Morgan fingerprint density at radius 3 is 2.48 bits per heavy atom. The van der Waals surface area contributed by atoms with Crippen LogP contribution in [0.25, 0.3) is 0 Å². The molecule has 124 valence electrons. The molecule has 2 unspecified atom stereocenters. The van der Waals surface area contributed by atoms with E-state index in [-0.39, 0.29) is 24.8 Å². The third-order valence-corrected chi connectivity index (χ3v) is 3.76. The van der Waals surface area contributed by atoms with Gasteiger partial charge in [-0.3, -0.25) is 4.79 Å². The van der Waals surface area contributed by atoms with Gasteiger partial charge in [-0.05, 0) is 30.0 Å². The van der Waals surface area contributed by atoms with Crippen molar-refractivity contribution in [2.45, 2.75) is 12.3 Å². The van der Waals surface area contributed by atoms with Crippen LogP contribution >= 0.6 is 0 Å². The first kappa shape index (κ1) is 16.9. The summed E-state index contributed by atoms with van der Waals surface area (Å²) in [5.41, 5.74) is 0.769. The molecule has 1 saturated heterocycles. The van der Waals surface area contributed by atoms with E-state index >= 15 is 0 Å². The van der Waals surface area contributed by atoms with E-state index in [0.29, 0.717) is 6.42 Å². The largest absolute Gasteiger partial charge is 0.473 e. The molecule has 23 heavy (non-hydrogen) atoms. The van der Waals surface area contributed by atoms with Crippen LogP contribution in [0.1, 0.15) is 17.9 Å². The normalized spacial score (nSPS) is 21.5. The number of nitrogens with zero attached hydrogens (tertiary/aromatic N) is 1. The molecule has 1 fully saturated rings. The number of benzene rings is 1. The van der Waals surface area contributed by atoms with Gasteiger partial charge in [0, 0.05) is 13.1 Å². The maximum Gasteiger partial charge on any atom is 0.436 e. The predicted molar refractivity (Wildman–Crippen MR) is 74.6 cm³/mol. The van der Waals surface area contributed by atoms with Gasteiger partial charge in [0.2, 0.25) is 0 Å². The molecular weight excluding hydrogens is 309 g/mol. The molecule has 0 amide bonds. The van der Waals surface area contributed by atoms with E-state index in [1.54, 1.807) is 12.1 Å². The minimum atomic E-state index is -1.71. The predicted octanol–water partition coefficient (Wildman–Crippen LogP) is 0.947. The van der Waals surface area contributed by atoms with Gasteiger partial charge in [-0.1, -0.05) is 12.1 Å². The van der Waals surface area contributed by atoms with Gasteiger partial charge in [-0.15, -0.1) is 5.06 Å². The van der Waals surface area contributed by atoms with E-state index in [1.165, 1.54) is 19.2 Å². The van der Waals surface area contributed by atoms with Gasteiger partial charge in [-0.2, -0.15) is 0 Å². The topological polar surface area (TPSA) is 93.1 Å². The molecule has 0 aliphatic carbocycles. The number of hydrogen-bond donors (Lipinski definition) is 1. The second-order valence-electron chi connectivity index (χ2n) is 5.15. The van der Waals surface area contributed by atoms with Crippen molar-refractivity contribution in [2.75, 3.05) is 20.2 Å². The lowest BCUT2D eigenvalue weighted by Gasteiger charge is -2.35. The number of esters is 1. The van der Waals surface area contributed by atoms with Crippen molar-refractivity contribution in [1.29, 1.82) is 0 Å². The number of halogens is 1. The van der Waals surface area contributed by atoms with Gasteiger partial charge in [0.05, 0.1) is 13.0 Å². The maximum absolute atomic E-state index is 13.0. The average Bonchev–Trinajstić information content (AvgIpc) is 2.54. The van der Waals surface area contributed by atoms with E-state index < -0.39 is 23.8 Å². The molecule has 7 nitrogen and oxygen atoms in total. The van der Waals surface area contributed by atoms with E-state index in [2.05, 4.69) is 0 Å². The Bertz CT molecular complexity index is 602. The number of aliphatic carboxylic acids is 1. The summed E-state index contributed by atoms with van der Waals surface area (Å²) in [6, 6.07) is 5.80. The molecule has 0 radical (unpaired) electrons. The first-order valence-corrected chi connectivity index (χ1v) is 6.96. The fourth-order valence-corrected chi connectivity index (χ4v) is 2.66. The Kier molecular flexibility index (Phi) is 5.28. The summed E-state index contributed by atoms with van der Waals surface area (Å²) in [7, 11) is 1.24. The molecule has 0 bridgehead atoms. The summed E-state index contributed by atoms with van der Waals surface area (Å²) in [6.07, 6.45) is 0.429. The van der Waals surface area contributed by atoms with Crippen molar-refractivity contribution in [1.82, 2.24) is 5.06 Å². The minimum absolute atomic E-state index is 0.00768. The van der Waals surface area contributed by atoms with Crippen molar-refractivity contribution < 1.29 is 33.5 Å². The highest BCUT2D eigenvalue weighted by Gasteiger charge is 2.38. The second kappa shape index (κ2) is 7.19.